The molecule has 1 heteroatoms. The highest BCUT2D eigenvalue weighted by molar-refractivity contribution is 5.97. The smallest absolute Gasteiger partial charge is 0.166 e. The first kappa shape index (κ1) is 11.3. The summed E-state index contributed by atoms with van der Waals surface area (Å²) in [6.45, 7) is 0. The van der Waals surface area contributed by atoms with E-state index in [1.165, 1.54) is 0 Å². The minimum absolute atomic E-state index is 0.151. The number of Topliss-reactive ketones (excluding diaryl/α,β-unsaturated/α-hetero) is 1. The molecule has 0 aliphatic rings. The maximum absolute atomic E-state index is 11.8. The van der Waals surface area contributed by atoms with Crippen LogP contribution in [0.15, 0.2) is 66.7 Å². The lowest BCUT2D eigenvalue weighted by Gasteiger charge is -1.96. The summed E-state index contributed by atoms with van der Waals surface area (Å²) in [5.74, 6) is 0.151. The van der Waals surface area contributed by atoms with Crippen molar-refractivity contribution in [1.29, 1.82) is 0 Å². The monoisotopic (exact) mass is 222 g/mol. The summed E-state index contributed by atoms with van der Waals surface area (Å²) in [5.41, 5.74) is 1.89. The Bertz CT molecular complexity index is 498. The summed E-state index contributed by atoms with van der Waals surface area (Å²) in [7, 11) is 0. The number of hydrogen-bond donors (Lipinski definition) is 0. The minimum atomic E-state index is 0.151. The van der Waals surface area contributed by atoms with Gasteiger partial charge in [0.2, 0.25) is 0 Å². The van der Waals surface area contributed by atoms with Crippen molar-refractivity contribution in [1.82, 2.24) is 0 Å². The molecule has 0 radical (unpaired) electrons. The third kappa shape index (κ3) is 3.42. The van der Waals surface area contributed by atoms with E-state index in [9.17, 15) is 4.79 Å². The maximum Gasteiger partial charge on any atom is 0.166 e. The van der Waals surface area contributed by atoms with Crippen LogP contribution in [0.5, 0.6) is 0 Å². The Morgan fingerprint density at radius 3 is 2.12 bits per heavy atom. The summed E-state index contributed by atoms with van der Waals surface area (Å²) in [5, 5.41) is 0. The largest absolute Gasteiger partial charge is 0.294 e. The van der Waals surface area contributed by atoms with E-state index in [-0.39, 0.29) is 5.78 Å². The minimum Gasteiger partial charge on any atom is -0.294 e. The zero-order valence-corrected chi connectivity index (χ0v) is 9.54. The van der Waals surface area contributed by atoms with Crippen molar-refractivity contribution in [2.45, 2.75) is 6.42 Å². The normalized spacial score (nSPS) is 10.6. The van der Waals surface area contributed by atoms with Crippen LogP contribution in [0.1, 0.15) is 22.3 Å². The molecule has 2 aromatic carbocycles. The van der Waals surface area contributed by atoms with E-state index in [1.807, 2.05) is 72.8 Å². The van der Waals surface area contributed by atoms with Crippen molar-refractivity contribution >= 4 is 11.9 Å². The third-order valence-electron chi connectivity index (χ3n) is 2.51. The predicted molar refractivity (Wildman–Crippen MR) is 70.9 cm³/mol. The highest BCUT2D eigenvalue weighted by Gasteiger charge is 2.01. The zero-order chi connectivity index (χ0) is 11.9. The number of allylic oxidation sites excluding steroid dienone is 1. The second kappa shape index (κ2) is 5.80. The van der Waals surface area contributed by atoms with E-state index >= 15 is 0 Å². The molecule has 0 unspecified atom stereocenters. The molecule has 0 spiro atoms. The zero-order valence-electron chi connectivity index (χ0n) is 9.54. The lowest BCUT2D eigenvalue weighted by molar-refractivity contribution is 0.0996. The molecule has 0 heterocycles. The van der Waals surface area contributed by atoms with E-state index in [4.69, 9.17) is 0 Å². The lowest BCUT2D eigenvalue weighted by Crippen LogP contribution is -1.95. The van der Waals surface area contributed by atoms with Crippen LogP contribution in [0.25, 0.3) is 6.08 Å². The highest BCUT2D eigenvalue weighted by atomic mass is 16.1. The van der Waals surface area contributed by atoms with Gasteiger partial charge in [-0.3, -0.25) is 4.79 Å². The van der Waals surface area contributed by atoms with Gasteiger partial charge in [-0.1, -0.05) is 72.8 Å². The summed E-state index contributed by atoms with van der Waals surface area (Å²) >= 11 is 0. The Morgan fingerprint density at radius 2 is 1.47 bits per heavy atom. The first-order valence-corrected chi connectivity index (χ1v) is 5.66. The third-order valence-corrected chi connectivity index (χ3v) is 2.51. The number of benzene rings is 2. The first-order valence-electron chi connectivity index (χ1n) is 5.66. The van der Waals surface area contributed by atoms with Gasteiger partial charge in [0.05, 0.1) is 0 Å². The fourth-order valence-corrected chi connectivity index (χ4v) is 1.61. The SMILES string of the molecule is O=C(C/C=C\c1ccccc1)c1ccccc1. The summed E-state index contributed by atoms with van der Waals surface area (Å²) < 4.78 is 0. The van der Waals surface area contributed by atoms with Crippen LogP contribution in [0.2, 0.25) is 0 Å². The maximum atomic E-state index is 11.8. The summed E-state index contributed by atoms with van der Waals surface area (Å²) in [4.78, 5) is 11.8. The molecule has 0 bridgehead atoms. The molecule has 0 aromatic heterocycles. The Labute approximate surface area is 101 Å². The molecular formula is C16H14O. The van der Waals surface area contributed by atoms with Crippen LogP contribution in [0.3, 0.4) is 0 Å². The van der Waals surface area contributed by atoms with Crippen molar-refractivity contribution in [2.24, 2.45) is 0 Å². The van der Waals surface area contributed by atoms with Crippen LogP contribution in [-0.4, -0.2) is 5.78 Å². The van der Waals surface area contributed by atoms with Gasteiger partial charge in [0.15, 0.2) is 5.78 Å². The number of hydrogen-bond acceptors (Lipinski definition) is 1. The second-order valence-electron chi connectivity index (χ2n) is 3.81. The Balaban J connectivity index is 1.95. The van der Waals surface area contributed by atoms with Crippen LogP contribution >= 0.6 is 0 Å². The first-order chi connectivity index (χ1) is 8.36. The summed E-state index contributed by atoms with van der Waals surface area (Å²) in [6, 6.07) is 19.4. The molecule has 17 heavy (non-hydrogen) atoms. The predicted octanol–water partition coefficient (Wildman–Crippen LogP) is 3.97. The standard InChI is InChI=1S/C16H14O/c17-16(15-11-5-2-6-12-15)13-7-10-14-8-3-1-4-9-14/h1-12H,13H2/b10-7-. The molecule has 0 aliphatic heterocycles. The molecule has 0 aliphatic carbocycles. The van der Waals surface area contributed by atoms with E-state index in [0.717, 1.165) is 11.1 Å². The van der Waals surface area contributed by atoms with Crippen molar-refractivity contribution in [3.05, 3.63) is 77.9 Å². The van der Waals surface area contributed by atoms with Crippen molar-refractivity contribution in [3.8, 4) is 0 Å². The Morgan fingerprint density at radius 1 is 0.882 bits per heavy atom. The quantitative estimate of drug-likeness (QED) is 0.715. The van der Waals surface area contributed by atoms with Gasteiger partial charge in [0.1, 0.15) is 0 Å². The number of carbonyl (C=O) groups is 1. The van der Waals surface area contributed by atoms with E-state index in [0.29, 0.717) is 6.42 Å². The fraction of sp³-hybridized carbons (Fsp3) is 0.0625. The number of carbonyl (C=O) groups excluding carboxylic acids is 1. The molecule has 0 N–H and O–H groups in total. The van der Waals surface area contributed by atoms with Gasteiger partial charge < -0.3 is 0 Å². The molecule has 84 valence electrons. The average molecular weight is 222 g/mol. The second-order valence-corrected chi connectivity index (χ2v) is 3.81. The van der Waals surface area contributed by atoms with Crippen molar-refractivity contribution in [2.75, 3.05) is 0 Å². The molecule has 0 saturated heterocycles. The highest BCUT2D eigenvalue weighted by Crippen LogP contribution is 2.06. The number of ketones is 1. The van der Waals surface area contributed by atoms with Crippen LogP contribution in [0, 0.1) is 0 Å². The molecular weight excluding hydrogens is 208 g/mol. The van der Waals surface area contributed by atoms with E-state index in [2.05, 4.69) is 0 Å². The van der Waals surface area contributed by atoms with Gasteiger partial charge in [-0.2, -0.15) is 0 Å². The molecule has 0 amide bonds. The molecule has 1 nitrogen and oxygen atoms in total. The Kier molecular flexibility index (Phi) is 3.87. The van der Waals surface area contributed by atoms with Crippen LogP contribution in [-0.2, 0) is 0 Å². The van der Waals surface area contributed by atoms with Gasteiger partial charge in [-0.15, -0.1) is 0 Å². The lowest BCUT2D eigenvalue weighted by atomic mass is 10.1. The van der Waals surface area contributed by atoms with Crippen molar-refractivity contribution in [3.63, 3.8) is 0 Å². The van der Waals surface area contributed by atoms with Gasteiger partial charge in [0.25, 0.3) is 0 Å². The Hall–Kier alpha value is -2.15. The van der Waals surface area contributed by atoms with Crippen LogP contribution < -0.4 is 0 Å². The van der Waals surface area contributed by atoms with Gasteiger partial charge in [0, 0.05) is 12.0 Å². The average Bonchev–Trinajstić information content (AvgIpc) is 2.41. The van der Waals surface area contributed by atoms with E-state index in [1.54, 1.807) is 0 Å². The molecule has 2 rings (SSSR count). The van der Waals surface area contributed by atoms with Crippen molar-refractivity contribution < 1.29 is 4.79 Å². The fourth-order valence-electron chi connectivity index (χ4n) is 1.61. The van der Waals surface area contributed by atoms with E-state index < -0.39 is 0 Å². The van der Waals surface area contributed by atoms with Gasteiger partial charge >= 0.3 is 0 Å². The molecule has 0 saturated carbocycles. The molecule has 2 aromatic rings. The van der Waals surface area contributed by atoms with Gasteiger partial charge in [-0.25, -0.2) is 0 Å². The van der Waals surface area contributed by atoms with Crippen LogP contribution in [0.4, 0.5) is 0 Å². The molecule has 0 fully saturated rings. The molecule has 0 atom stereocenters. The van der Waals surface area contributed by atoms with Gasteiger partial charge in [-0.05, 0) is 5.56 Å². The number of rotatable bonds is 4. The topological polar surface area (TPSA) is 17.1 Å². The summed E-state index contributed by atoms with van der Waals surface area (Å²) in [6.07, 6.45) is 4.32.